The Morgan fingerprint density at radius 2 is 1.28 bits per heavy atom. The van der Waals surface area contributed by atoms with E-state index in [0.29, 0.717) is 5.75 Å². The van der Waals surface area contributed by atoms with Gasteiger partial charge in [-0.1, -0.05) is 13.8 Å². The molecule has 144 valence electrons. The van der Waals surface area contributed by atoms with Gasteiger partial charge >= 0.3 is 8.80 Å². The van der Waals surface area contributed by atoms with Crippen LogP contribution in [0, 0.1) is 0 Å². The van der Waals surface area contributed by atoms with Crippen molar-refractivity contribution in [3.8, 4) is 11.5 Å². The average molecular weight is 371 g/mol. The minimum absolute atomic E-state index is 0.264. The molecule has 0 amide bonds. The molecule has 1 rings (SSSR count). The zero-order chi connectivity index (χ0) is 19.3. The number of rotatable bonds is 10. The third-order valence-electron chi connectivity index (χ3n) is 4.57. The van der Waals surface area contributed by atoms with Crippen molar-refractivity contribution >= 4 is 14.0 Å². The van der Waals surface area contributed by atoms with E-state index in [1.165, 1.54) is 0 Å². The largest absolute Gasteiger partial charge is 0.540 e. The smallest absolute Gasteiger partial charge is 0.488 e. The van der Waals surface area contributed by atoms with Gasteiger partial charge in [0.15, 0.2) is 0 Å². The summed E-state index contributed by atoms with van der Waals surface area (Å²) in [6.45, 7) is 12.4. The summed E-state index contributed by atoms with van der Waals surface area (Å²) in [6.07, 6.45) is 1.76. The molecular formula is C19H34O5Si. The second kappa shape index (κ2) is 8.53. The van der Waals surface area contributed by atoms with Gasteiger partial charge in [-0.3, -0.25) is 0 Å². The zero-order valence-corrected chi connectivity index (χ0v) is 18.2. The van der Waals surface area contributed by atoms with Gasteiger partial charge in [0.25, 0.3) is 0 Å². The summed E-state index contributed by atoms with van der Waals surface area (Å²) in [5.74, 6) is 1.44. The molecule has 0 fully saturated rings. The van der Waals surface area contributed by atoms with Crippen LogP contribution in [-0.4, -0.2) is 41.3 Å². The first-order valence-electron chi connectivity index (χ1n) is 8.76. The Hall–Kier alpha value is -1.08. The van der Waals surface area contributed by atoms with E-state index >= 15 is 0 Å². The third kappa shape index (κ3) is 5.44. The van der Waals surface area contributed by atoms with Crippen molar-refractivity contribution < 1.29 is 22.8 Å². The van der Waals surface area contributed by atoms with Gasteiger partial charge in [0.05, 0.1) is 5.19 Å². The summed E-state index contributed by atoms with van der Waals surface area (Å²) >= 11 is 0. The van der Waals surface area contributed by atoms with E-state index in [2.05, 4.69) is 41.5 Å². The maximum Gasteiger partial charge on any atom is 0.540 e. The highest BCUT2D eigenvalue weighted by atomic mass is 28.4. The lowest BCUT2D eigenvalue weighted by Gasteiger charge is -2.32. The molecule has 0 saturated heterocycles. The molecule has 0 radical (unpaired) electrons. The van der Waals surface area contributed by atoms with Crippen LogP contribution in [0.25, 0.3) is 0 Å². The summed E-state index contributed by atoms with van der Waals surface area (Å²) in [7, 11) is 1.71. The van der Waals surface area contributed by atoms with Crippen molar-refractivity contribution in [1.29, 1.82) is 0 Å². The van der Waals surface area contributed by atoms with E-state index in [-0.39, 0.29) is 11.2 Å². The van der Waals surface area contributed by atoms with Gasteiger partial charge in [0.1, 0.15) is 22.7 Å². The number of hydrogen-bond acceptors (Lipinski definition) is 5. The topological polar surface area (TPSA) is 46.2 Å². The molecule has 25 heavy (non-hydrogen) atoms. The fourth-order valence-corrected chi connectivity index (χ4v) is 4.16. The Morgan fingerprint density at radius 1 is 0.800 bits per heavy atom. The van der Waals surface area contributed by atoms with Gasteiger partial charge in [-0.25, -0.2) is 0 Å². The summed E-state index contributed by atoms with van der Waals surface area (Å²) in [5, 5.41) is 0.769. The molecule has 0 spiro atoms. The predicted molar refractivity (Wildman–Crippen MR) is 103 cm³/mol. The van der Waals surface area contributed by atoms with Crippen LogP contribution in [0.2, 0.25) is 0 Å². The van der Waals surface area contributed by atoms with Crippen LogP contribution in [0.1, 0.15) is 54.4 Å². The van der Waals surface area contributed by atoms with Crippen molar-refractivity contribution in [1.82, 2.24) is 0 Å². The number of hydrogen-bond donors (Lipinski definition) is 0. The fourth-order valence-electron chi connectivity index (χ4n) is 2.24. The number of ether oxygens (including phenoxy) is 2. The number of benzene rings is 1. The van der Waals surface area contributed by atoms with Gasteiger partial charge in [0, 0.05) is 21.3 Å². The summed E-state index contributed by atoms with van der Waals surface area (Å²) in [4.78, 5) is 0. The Balaban J connectivity index is 3.43. The first-order valence-corrected chi connectivity index (χ1v) is 10.5. The Bertz CT molecular complexity index is 544. The Kier molecular flexibility index (Phi) is 7.50. The standard InChI is InChI=1S/C19H34O5Si/c1-10-18(3,4)23-15-12-13-16(24-19(5,6)11-2)17(14-15)25(20-7,21-8)22-9/h12-14H,10-11H2,1-9H3. The lowest BCUT2D eigenvalue weighted by atomic mass is 10.1. The van der Waals surface area contributed by atoms with Crippen molar-refractivity contribution in [2.45, 2.75) is 65.6 Å². The first-order chi connectivity index (χ1) is 11.6. The molecule has 0 atom stereocenters. The lowest BCUT2D eigenvalue weighted by Crippen LogP contribution is -2.55. The third-order valence-corrected chi connectivity index (χ3v) is 7.23. The van der Waals surface area contributed by atoms with Gasteiger partial charge in [0.2, 0.25) is 0 Å². The molecule has 0 bridgehead atoms. The summed E-state index contributed by atoms with van der Waals surface area (Å²) < 4.78 is 29.4. The van der Waals surface area contributed by atoms with Crippen molar-refractivity contribution in [2.75, 3.05) is 21.3 Å². The van der Waals surface area contributed by atoms with Crippen LogP contribution in [0.15, 0.2) is 18.2 Å². The molecule has 0 aliphatic heterocycles. The molecule has 5 nitrogen and oxygen atoms in total. The monoisotopic (exact) mass is 370 g/mol. The molecule has 0 saturated carbocycles. The molecule has 0 heterocycles. The normalized spacial score (nSPS) is 13.0. The van der Waals surface area contributed by atoms with E-state index in [1.807, 2.05) is 18.2 Å². The molecule has 1 aromatic rings. The average Bonchev–Trinajstić information content (AvgIpc) is 2.58. The van der Waals surface area contributed by atoms with E-state index in [1.54, 1.807) is 21.3 Å². The zero-order valence-electron chi connectivity index (χ0n) is 17.2. The van der Waals surface area contributed by atoms with Crippen molar-refractivity contribution in [3.63, 3.8) is 0 Å². The van der Waals surface area contributed by atoms with E-state index in [0.717, 1.165) is 23.8 Å². The van der Waals surface area contributed by atoms with Crippen LogP contribution in [0.5, 0.6) is 11.5 Å². The molecule has 6 heteroatoms. The second-order valence-corrected chi connectivity index (χ2v) is 10.1. The molecule has 0 aliphatic carbocycles. The van der Waals surface area contributed by atoms with Crippen LogP contribution in [-0.2, 0) is 13.3 Å². The highest BCUT2D eigenvalue weighted by molar-refractivity contribution is 6.76. The summed E-state index contributed by atoms with van der Waals surface area (Å²) in [5.41, 5.74) is -0.574. The molecule has 0 aromatic heterocycles. The SMILES string of the molecule is CCC(C)(C)Oc1ccc(OC(C)(C)CC)c([Si](OC)(OC)OC)c1. The quantitative estimate of drug-likeness (QED) is 0.585. The highest BCUT2D eigenvalue weighted by Crippen LogP contribution is 2.28. The molecule has 0 aliphatic rings. The van der Waals surface area contributed by atoms with Crippen LogP contribution >= 0.6 is 0 Å². The van der Waals surface area contributed by atoms with Gasteiger partial charge in [-0.15, -0.1) is 0 Å². The second-order valence-electron chi connectivity index (χ2n) is 7.26. The van der Waals surface area contributed by atoms with Crippen molar-refractivity contribution in [2.24, 2.45) is 0 Å². The first kappa shape index (κ1) is 22.0. The highest BCUT2D eigenvalue weighted by Gasteiger charge is 2.44. The van der Waals surface area contributed by atoms with Crippen LogP contribution in [0.3, 0.4) is 0 Å². The van der Waals surface area contributed by atoms with Crippen LogP contribution in [0.4, 0.5) is 0 Å². The van der Waals surface area contributed by atoms with Gasteiger partial charge < -0.3 is 22.8 Å². The van der Waals surface area contributed by atoms with Crippen molar-refractivity contribution in [3.05, 3.63) is 18.2 Å². The fraction of sp³-hybridized carbons (Fsp3) is 0.684. The molecular weight excluding hydrogens is 336 g/mol. The Labute approximate surface area is 153 Å². The minimum Gasteiger partial charge on any atom is -0.488 e. The van der Waals surface area contributed by atoms with Gasteiger partial charge in [-0.05, 0) is 58.7 Å². The maximum absolute atomic E-state index is 6.24. The lowest BCUT2D eigenvalue weighted by molar-refractivity contribution is 0.0978. The van der Waals surface area contributed by atoms with E-state index in [4.69, 9.17) is 22.8 Å². The molecule has 0 N–H and O–H groups in total. The Morgan fingerprint density at radius 3 is 1.72 bits per heavy atom. The van der Waals surface area contributed by atoms with E-state index < -0.39 is 8.80 Å². The van der Waals surface area contributed by atoms with E-state index in [9.17, 15) is 0 Å². The van der Waals surface area contributed by atoms with Crippen LogP contribution < -0.4 is 14.7 Å². The minimum atomic E-state index is -3.07. The van der Waals surface area contributed by atoms with Gasteiger partial charge in [-0.2, -0.15) is 0 Å². The molecule has 0 unspecified atom stereocenters. The predicted octanol–water partition coefficient (Wildman–Crippen LogP) is 3.91. The molecule has 1 aromatic carbocycles. The maximum atomic E-state index is 6.24. The summed E-state index contributed by atoms with van der Waals surface area (Å²) in [6, 6.07) is 5.75.